The topological polar surface area (TPSA) is 23.5 Å². The molecule has 2 atom stereocenters. The molecule has 92 valence electrons. The van der Waals surface area contributed by atoms with Crippen LogP contribution in [0.15, 0.2) is 24.3 Å². The van der Waals surface area contributed by atoms with Crippen molar-refractivity contribution in [1.29, 1.82) is 0 Å². The van der Waals surface area contributed by atoms with Crippen LogP contribution in [-0.4, -0.2) is 22.6 Å². The number of fused-ring (bicyclic) bond motifs is 1. The molecule has 2 unspecified atom stereocenters. The van der Waals surface area contributed by atoms with Crippen molar-refractivity contribution in [2.75, 3.05) is 6.54 Å². The fourth-order valence-electron chi connectivity index (χ4n) is 3.56. The first-order chi connectivity index (χ1) is 8.34. The van der Waals surface area contributed by atoms with Crippen LogP contribution in [0.3, 0.4) is 0 Å². The third-order valence-electron chi connectivity index (χ3n) is 4.49. The molecule has 0 bridgehead atoms. The van der Waals surface area contributed by atoms with Crippen LogP contribution in [0.5, 0.6) is 5.75 Å². The predicted octanol–water partition coefficient (Wildman–Crippen LogP) is 3.16. The SMILES string of the molecule is Oc1ccccc1CN1CCC2CCCCC21. The van der Waals surface area contributed by atoms with Crippen molar-refractivity contribution in [3.63, 3.8) is 0 Å². The number of nitrogens with zero attached hydrogens (tertiary/aromatic N) is 1. The van der Waals surface area contributed by atoms with Crippen LogP contribution in [-0.2, 0) is 6.54 Å². The Morgan fingerprint density at radius 1 is 1.12 bits per heavy atom. The Labute approximate surface area is 103 Å². The second-order valence-corrected chi connectivity index (χ2v) is 5.50. The van der Waals surface area contributed by atoms with Gasteiger partial charge in [0.15, 0.2) is 0 Å². The van der Waals surface area contributed by atoms with E-state index in [9.17, 15) is 5.11 Å². The zero-order valence-electron chi connectivity index (χ0n) is 10.3. The number of hydrogen-bond donors (Lipinski definition) is 1. The summed E-state index contributed by atoms with van der Waals surface area (Å²) in [6, 6.07) is 8.54. The molecule has 1 heterocycles. The molecule has 1 aromatic rings. The molecule has 2 heteroatoms. The van der Waals surface area contributed by atoms with Crippen molar-refractivity contribution >= 4 is 0 Å². The highest BCUT2D eigenvalue weighted by Crippen LogP contribution is 2.37. The van der Waals surface area contributed by atoms with Gasteiger partial charge >= 0.3 is 0 Å². The standard InChI is InChI=1S/C15H21NO/c17-15-8-4-2-6-13(15)11-16-10-9-12-5-1-3-7-14(12)16/h2,4,6,8,12,14,17H,1,3,5,7,9-11H2. The highest BCUT2D eigenvalue weighted by molar-refractivity contribution is 5.31. The van der Waals surface area contributed by atoms with Crippen molar-refractivity contribution in [1.82, 2.24) is 4.90 Å². The Bertz CT molecular complexity index is 390. The lowest BCUT2D eigenvalue weighted by Crippen LogP contribution is -2.34. The van der Waals surface area contributed by atoms with E-state index >= 15 is 0 Å². The number of likely N-dealkylation sites (tertiary alicyclic amines) is 1. The Hall–Kier alpha value is -1.02. The van der Waals surface area contributed by atoms with E-state index in [4.69, 9.17) is 0 Å². The maximum Gasteiger partial charge on any atom is 0.120 e. The molecule has 17 heavy (non-hydrogen) atoms. The summed E-state index contributed by atoms with van der Waals surface area (Å²) in [5.41, 5.74) is 1.08. The first kappa shape index (κ1) is 11.1. The molecule has 0 radical (unpaired) electrons. The van der Waals surface area contributed by atoms with Gasteiger partial charge in [-0.25, -0.2) is 0 Å². The molecule has 1 saturated heterocycles. The largest absolute Gasteiger partial charge is 0.508 e. The number of phenols is 1. The van der Waals surface area contributed by atoms with Gasteiger partial charge in [-0.05, 0) is 37.8 Å². The molecule has 2 aliphatic rings. The fourth-order valence-corrected chi connectivity index (χ4v) is 3.56. The summed E-state index contributed by atoms with van der Waals surface area (Å²) in [6.45, 7) is 2.14. The first-order valence-electron chi connectivity index (χ1n) is 6.85. The number of aromatic hydroxyl groups is 1. The van der Waals surface area contributed by atoms with E-state index in [1.54, 1.807) is 6.07 Å². The molecule has 2 nitrogen and oxygen atoms in total. The second kappa shape index (κ2) is 4.69. The van der Waals surface area contributed by atoms with E-state index < -0.39 is 0 Å². The third kappa shape index (κ3) is 2.19. The number of benzene rings is 1. The fraction of sp³-hybridized carbons (Fsp3) is 0.600. The Balaban J connectivity index is 1.71. The maximum atomic E-state index is 9.84. The molecule has 1 saturated carbocycles. The van der Waals surface area contributed by atoms with Gasteiger partial charge in [-0.2, -0.15) is 0 Å². The average Bonchev–Trinajstić information content (AvgIpc) is 2.76. The van der Waals surface area contributed by atoms with Gasteiger partial charge < -0.3 is 5.11 Å². The number of rotatable bonds is 2. The highest BCUT2D eigenvalue weighted by atomic mass is 16.3. The van der Waals surface area contributed by atoms with Gasteiger partial charge in [-0.15, -0.1) is 0 Å². The van der Waals surface area contributed by atoms with Gasteiger partial charge in [-0.1, -0.05) is 31.0 Å². The van der Waals surface area contributed by atoms with Crippen LogP contribution in [0.2, 0.25) is 0 Å². The lowest BCUT2D eigenvalue weighted by atomic mass is 9.85. The number of hydrogen-bond acceptors (Lipinski definition) is 2. The molecule has 0 spiro atoms. The van der Waals surface area contributed by atoms with Gasteiger partial charge in [0.1, 0.15) is 5.75 Å². The van der Waals surface area contributed by atoms with Gasteiger partial charge in [0.25, 0.3) is 0 Å². The van der Waals surface area contributed by atoms with Gasteiger partial charge in [0, 0.05) is 18.2 Å². The maximum absolute atomic E-state index is 9.84. The Morgan fingerprint density at radius 3 is 2.82 bits per heavy atom. The minimum atomic E-state index is 0.451. The quantitative estimate of drug-likeness (QED) is 0.845. The lowest BCUT2D eigenvalue weighted by Gasteiger charge is -2.31. The van der Waals surface area contributed by atoms with Crippen LogP contribution < -0.4 is 0 Å². The molecular weight excluding hydrogens is 210 g/mol. The average molecular weight is 231 g/mol. The van der Waals surface area contributed by atoms with Crippen molar-refractivity contribution in [3.8, 4) is 5.75 Å². The minimum absolute atomic E-state index is 0.451. The van der Waals surface area contributed by atoms with Crippen LogP contribution in [0.25, 0.3) is 0 Å². The van der Waals surface area contributed by atoms with Gasteiger partial charge in [-0.3, -0.25) is 4.90 Å². The summed E-state index contributed by atoms with van der Waals surface area (Å²) >= 11 is 0. The molecule has 1 N–H and O–H groups in total. The zero-order valence-corrected chi connectivity index (χ0v) is 10.3. The summed E-state index contributed by atoms with van der Waals surface area (Å²) in [5, 5.41) is 9.84. The Morgan fingerprint density at radius 2 is 1.94 bits per heavy atom. The molecule has 0 amide bonds. The molecule has 2 fully saturated rings. The van der Waals surface area contributed by atoms with Crippen LogP contribution in [0, 0.1) is 5.92 Å². The summed E-state index contributed by atoms with van der Waals surface area (Å²) in [7, 11) is 0. The van der Waals surface area contributed by atoms with E-state index in [0.29, 0.717) is 5.75 Å². The smallest absolute Gasteiger partial charge is 0.120 e. The predicted molar refractivity (Wildman–Crippen MR) is 68.9 cm³/mol. The summed E-state index contributed by atoms with van der Waals surface area (Å²) in [5.74, 6) is 1.38. The van der Waals surface area contributed by atoms with Gasteiger partial charge in [0.05, 0.1) is 0 Å². The first-order valence-corrected chi connectivity index (χ1v) is 6.85. The van der Waals surface area contributed by atoms with E-state index in [1.807, 2.05) is 18.2 Å². The van der Waals surface area contributed by atoms with Crippen LogP contribution in [0.4, 0.5) is 0 Å². The zero-order chi connectivity index (χ0) is 11.7. The van der Waals surface area contributed by atoms with E-state index in [1.165, 1.54) is 38.6 Å². The highest BCUT2D eigenvalue weighted by Gasteiger charge is 2.35. The van der Waals surface area contributed by atoms with Crippen molar-refractivity contribution in [3.05, 3.63) is 29.8 Å². The summed E-state index contributed by atoms with van der Waals surface area (Å²) in [4.78, 5) is 2.58. The monoisotopic (exact) mass is 231 g/mol. The third-order valence-corrected chi connectivity index (χ3v) is 4.49. The molecule has 3 rings (SSSR count). The molecule has 1 aliphatic heterocycles. The lowest BCUT2D eigenvalue weighted by molar-refractivity contribution is 0.174. The number of phenolic OH excluding ortho intramolecular Hbond substituents is 1. The number of para-hydroxylation sites is 1. The van der Waals surface area contributed by atoms with E-state index in [-0.39, 0.29) is 0 Å². The molecular formula is C15H21NO. The minimum Gasteiger partial charge on any atom is -0.508 e. The van der Waals surface area contributed by atoms with Gasteiger partial charge in [0.2, 0.25) is 0 Å². The van der Waals surface area contributed by atoms with E-state index in [0.717, 1.165) is 24.1 Å². The molecule has 1 aromatic carbocycles. The van der Waals surface area contributed by atoms with Crippen molar-refractivity contribution in [2.45, 2.75) is 44.7 Å². The molecule has 1 aliphatic carbocycles. The molecule has 0 aromatic heterocycles. The second-order valence-electron chi connectivity index (χ2n) is 5.50. The van der Waals surface area contributed by atoms with Crippen molar-refractivity contribution < 1.29 is 5.11 Å². The Kier molecular flexibility index (Phi) is 3.06. The van der Waals surface area contributed by atoms with Crippen LogP contribution in [0.1, 0.15) is 37.7 Å². The van der Waals surface area contributed by atoms with E-state index in [2.05, 4.69) is 4.90 Å². The normalized spacial score (nSPS) is 29.2. The van der Waals surface area contributed by atoms with Crippen molar-refractivity contribution in [2.24, 2.45) is 5.92 Å². The summed E-state index contributed by atoms with van der Waals surface area (Å²) < 4.78 is 0. The van der Waals surface area contributed by atoms with Crippen LogP contribution >= 0.6 is 0 Å². The summed E-state index contributed by atoms with van der Waals surface area (Å²) in [6.07, 6.45) is 6.95.